The summed E-state index contributed by atoms with van der Waals surface area (Å²) in [5.41, 5.74) is 1.45. The molecule has 1 saturated carbocycles. The number of anilines is 1. The normalized spacial score (nSPS) is 24.4. The third-order valence-electron chi connectivity index (χ3n) is 7.24. The van der Waals surface area contributed by atoms with Crippen molar-refractivity contribution >= 4 is 11.7 Å². The van der Waals surface area contributed by atoms with Gasteiger partial charge in [0.05, 0.1) is 13.7 Å². The van der Waals surface area contributed by atoms with E-state index < -0.39 is 17.7 Å². The largest absolute Gasteiger partial charge is 0.493 e. The number of rotatable bonds is 7. The first-order valence-electron chi connectivity index (χ1n) is 11.9. The van der Waals surface area contributed by atoms with Crippen LogP contribution in [-0.2, 0) is 5.41 Å². The highest BCUT2D eigenvalue weighted by molar-refractivity contribution is 5.89. The molecule has 2 amide bonds. The Hall–Kier alpha value is -2.87. The van der Waals surface area contributed by atoms with E-state index in [1.807, 2.05) is 6.07 Å². The molecule has 1 aliphatic carbocycles. The summed E-state index contributed by atoms with van der Waals surface area (Å²) >= 11 is 0. The molecule has 0 spiro atoms. The Balaban J connectivity index is 1.48. The molecule has 2 aromatic rings. The van der Waals surface area contributed by atoms with Gasteiger partial charge in [0.15, 0.2) is 23.1 Å². The van der Waals surface area contributed by atoms with Crippen molar-refractivity contribution in [1.82, 2.24) is 10.2 Å². The number of amides is 2. The fourth-order valence-electron chi connectivity index (χ4n) is 5.49. The zero-order chi connectivity index (χ0) is 24.3. The van der Waals surface area contributed by atoms with Gasteiger partial charge in [-0.2, -0.15) is 0 Å². The van der Waals surface area contributed by atoms with Crippen molar-refractivity contribution in [1.29, 1.82) is 0 Å². The topological polar surface area (TPSA) is 62.8 Å². The minimum absolute atomic E-state index is 0.0138. The molecule has 1 aliphatic heterocycles. The van der Waals surface area contributed by atoms with Crippen molar-refractivity contribution < 1.29 is 23.0 Å². The van der Waals surface area contributed by atoms with Crippen LogP contribution >= 0.6 is 0 Å². The van der Waals surface area contributed by atoms with Crippen LogP contribution in [0.25, 0.3) is 0 Å². The number of urea groups is 1. The van der Waals surface area contributed by atoms with Crippen LogP contribution in [0.15, 0.2) is 36.4 Å². The summed E-state index contributed by atoms with van der Waals surface area (Å²) in [6.07, 6.45) is 4.52. The highest BCUT2D eigenvalue weighted by Crippen LogP contribution is 2.49. The van der Waals surface area contributed by atoms with Gasteiger partial charge in [0, 0.05) is 29.3 Å². The number of fused-ring (bicyclic) bond motifs is 1. The van der Waals surface area contributed by atoms with Gasteiger partial charge in [-0.05, 0) is 75.5 Å². The van der Waals surface area contributed by atoms with Gasteiger partial charge in [0.2, 0.25) is 0 Å². The number of nitrogens with one attached hydrogen (secondary N) is 2. The number of methoxy groups -OCH3 is 1. The number of carbonyl (C=O) groups is 1. The number of hydrogen-bond donors (Lipinski definition) is 2. The van der Waals surface area contributed by atoms with Crippen LogP contribution in [-0.4, -0.2) is 50.3 Å². The maximum atomic E-state index is 13.5. The van der Waals surface area contributed by atoms with Crippen LogP contribution in [0.2, 0.25) is 0 Å². The van der Waals surface area contributed by atoms with E-state index in [1.54, 1.807) is 7.11 Å². The third kappa shape index (κ3) is 4.82. The Morgan fingerprint density at radius 2 is 1.97 bits per heavy atom. The Labute approximate surface area is 199 Å². The molecule has 8 heteroatoms. The molecule has 1 heterocycles. The number of likely N-dealkylation sites (tertiary alicyclic amines) is 1. The Morgan fingerprint density at radius 3 is 2.71 bits per heavy atom. The zero-order valence-corrected chi connectivity index (χ0v) is 20.0. The number of benzene rings is 2. The second-order valence-corrected chi connectivity index (χ2v) is 9.32. The van der Waals surface area contributed by atoms with Crippen LogP contribution < -0.4 is 20.1 Å². The predicted molar refractivity (Wildman–Crippen MR) is 128 cm³/mol. The van der Waals surface area contributed by atoms with Crippen LogP contribution in [0.4, 0.5) is 19.3 Å². The Kier molecular flexibility index (Phi) is 7.26. The smallest absolute Gasteiger partial charge is 0.319 e. The van der Waals surface area contributed by atoms with Crippen molar-refractivity contribution in [3.63, 3.8) is 0 Å². The molecule has 184 valence electrons. The summed E-state index contributed by atoms with van der Waals surface area (Å²) in [6, 6.07) is 9.43. The molecule has 2 fully saturated rings. The molecular formula is C26H33F2N3O3. The molecule has 0 aromatic heterocycles. The molecule has 4 rings (SSSR count). The van der Waals surface area contributed by atoms with Gasteiger partial charge in [-0.15, -0.1) is 0 Å². The lowest BCUT2D eigenvalue weighted by atomic mass is 9.65. The van der Waals surface area contributed by atoms with Crippen molar-refractivity contribution in [3.05, 3.63) is 53.6 Å². The van der Waals surface area contributed by atoms with Crippen molar-refractivity contribution in [2.75, 3.05) is 32.6 Å². The lowest BCUT2D eigenvalue weighted by Gasteiger charge is -2.45. The summed E-state index contributed by atoms with van der Waals surface area (Å²) in [4.78, 5) is 14.9. The van der Waals surface area contributed by atoms with Gasteiger partial charge in [-0.1, -0.05) is 13.0 Å². The maximum Gasteiger partial charge on any atom is 0.319 e. The monoisotopic (exact) mass is 473 g/mol. The van der Waals surface area contributed by atoms with Gasteiger partial charge in [-0.25, -0.2) is 13.6 Å². The first-order valence-corrected chi connectivity index (χ1v) is 11.9. The number of ether oxygens (including phenoxy) is 2. The fraction of sp³-hybridized carbons (Fsp3) is 0.500. The maximum absolute atomic E-state index is 13.5. The van der Waals surface area contributed by atoms with Gasteiger partial charge in [0.1, 0.15) is 0 Å². The molecule has 1 saturated heterocycles. The first-order chi connectivity index (χ1) is 16.4. The Morgan fingerprint density at radius 1 is 1.15 bits per heavy atom. The molecule has 34 heavy (non-hydrogen) atoms. The number of nitrogens with zero attached hydrogens (tertiary/aromatic N) is 1. The van der Waals surface area contributed by atoms with Crippen LogP contribution in [0.1, 0.15) is 44.6 Å². The molecule has 0 radical (unpaired) electrons. The van der Waals surface area contributed by atoms with Crippen molar-refractivity contribution in [3.8, 4) is 11.5 Å². The SMILES string of the molecule is CCCOc1cc([C@@]23CC[C@H](NC(=O)Nc4ccc(F)c(F)c4)C[C@H]2N(C)CC3)ccc1OC. The number of likely N-dealkylation sites (N-methyl/N-ethyl adjacent to an activating group) is 1. The summed E-state index contributed by atoms with van der Waals surface area (Å²) in [5.74, 6) is -0.424. The molecule has 0 bridgehead atoms. The van der Waals surface area contributed by atoms with Crippen LogP contribution in [0.3, 0.4) is 0 Å². The average Bonchev–Trinajstić information content (AvgIpc) is 3.17. The molecule has 6 nitrogen and oxygen atoms in total. The van der Waals surface area contributed by atoms with E-state index >= 15 is 0 Å². The van der Waals surface area contributed by atoms with Crippen LogP contribution in [0.5, 0.6) is 11.5 Å². The lowest BCUT2D eigenvalue weighted by molar-refractivity contribution is 0.156. The molecular weight excluding hydrogens is 440 g/mol. The van der Waals surface area contributed by atoms with E-state index in [9.17, 15) is 13.6 Å². The number of carbonyl (C=O) groups excluding carboxylic acids is 1. The summed E-state index contributed by atoms with van der Waals surface area (Å²) in [7, 11) is 3.79. The van der Waals surface area contributed by atoms with Gasteiger partial charge < -0.3 is 25.0 Å². The summed E-state index contributed by atoms with van der Waals surface area (Å²) < 4.78 is 38.1. The van der Waals surface area contributed by atoms with E-state index in [4.69, 9.17) is 9.47 Å². The molecule has 2 aromatic carbocycles. The van der Waals surface area contributed by atoms with E-state index in [-0.39, 0.29) is 23.2 Å². The van der Waals surface area contributed by atoms with E-state index in [0.29, 0.717) is 6.61 Å². The van der Waals surface area contributed by atoms with E-state index in [1.165, 1.54) is 11.6 Å². The van der Waals surface area contributed by atoms with Gasteiger partial charge >= 0.3 is 6.03 Å². The minimum atomic E-state index is -0.991. The zero-order valence-electron chi connectivity index (χ0n) is 20.0. The lowest BCUT2D eigenvalue weighted by Crippen LogP contribution is -2.52. The van der Waals surface area contributed by atoms with E-state index in [0.717, 1.165) is 62.3 Å². The van der Waals surface area contributed by atoms with Crippen molar-refractivity contribution in [2.24, 2.45) is 0 Å². The molecule has 3 atom stereocenters. The second-order valence-electron chi connectivity index (χ2n) is 9.32. The highest BCUT2D eigenvalue weighted by atomic mass is 19.2. The molecule has 2 N–H and O–H groups in total. The fourth-order valence-corrected chi connectivity index (χ4v) is 5.49. The van der Waals surface area contributed by atoms with E-state index in [2.05, 4.69) is 41.6 Å². The van der Waals surface area contributed by atoms with Crippen LogP contribution in [0, 0.1) is 11.6 Å². The predicted octanol–water partition coefficient (Wildman–Crippen LogP) is 5.08. The quantitative estimate of drug-likeness (QED) is 0.589. The summed E-state index contributed by atoms with van der Waals surface area (Å²) in [5, 5.41) is 5.63. The number of halogens is 2. The molecule has 0 unspecified atom stereocenters. The first kappa shape index (κ1) is 24.3. The van der Waals surface area contributed by atoms with Crippen molar-refractivity contribution in [2.45, 2.75) is 56.5 Å². The third-order valence-corrected chi connectivity index (χ3v) is 7.24. The van der Waals surface area contributed by atoms with Gasteiger partial charge in [0.25, 0.3) is 0 Å². The second kappa shape index (κ2) is 10.2. The minimum Gasteiger partial charge on any atom is -0.493 e. The summed E-state index contributed by atoms with van der Waals surface area (Å²) in [6.45, 7) is 3.69. The standard InChI is InChI=1S/C26H33F2N3O3/c1-4-13-34-23-14-17(5-8-22(23)33-3)26-10-9-19(16-24(26)31(2)12-11-26)30-25(32)29-18-6-7-20(27)21(28)15-18/h5-8,14-15,19,24H,4,9-13,16H2,1-3H3,(H2,29,30,32)/t19-,24+,26-/m0/s1. The average molecular weight is 474 g/mol. The Bertz CT molecular complexity index is 1030. The number of hydrogen-bond acceptors (Lipinski definition) is 4. The highest BCUT2D eigenvalue weighted by Gasteiger charge is 2.50. The van der Waals surface area contributed by atoms with Gasteiger partial charge in [-0.3, -0.25) is 0 Å². The molecule has 2 aliphatic rings.